The topological polar surface area (TPSA) is 54.9 Å². The van der Waals surface area contributed by atoms with Crippen LogP contribution in [0.2, 0.25) is 0 Å². The number of thiazole rings is 1. The van der Waals surface area contributed by atoms with Crippen LogP contribution >= 0.6 is 23.1 Å². The number of aromatic nitrogens is 2. The fraction of sp³-hybridized carbons (Fsp3) is 0.400. The Morgan fingerprint density at radius 2 is 2.19 bits per heavy atom. The zero-order chi connectivity index (χ0) is 15.4. The van der Waals surface area contributed by atoms with Gasteiger partial charge in [0, 0.05) is 29.6 Å². The molecule has 0 aliphatic heterocycles. The number of hydrogen-bond donors (Lipinski definition) is 1. The Kier molecular flexibility index (Phi) is 5.36. The predicted molar refractivity (Wildman–Crippen MR) is 91.0 cm³/mol. The lowest BCUT2D eigenvalue weighted by molar-refractivity contribution is -0.118. The molecule has 4 nitrogen and oxygen atoms in total. The molecule has 0 fully saturated rings. The molecule has 2 rings (SSSR count). The van der Waals surface area contributed by atoms with E-state index in [0.717, 1.165) is 32.6 Å². The molecule has 1 unspecified atom stereocenters. The quantitative estimate of drug-likeness (QED) is 0.911. The highest BCUT2D eigenvalue weighted by molar-refractivity contribution is 7.98. The monoisotopic (exact) mass is 321 g/mol. The van der Waals surface area contributed by atoms with Crippen LogP contribution in [-0.2, 0) is 4.79 Å². The average molecular weight is 321 g/mol. The molecule has 1 amide bonds. The third-order valence-electron chi connectivity index (χ3n) is 3.02. The van der Waals surface area contributed by atoms with E-state index in [1.807, 2.05) is 39.3 Å². The van der Waals surface area contributed by atoms with Crippen molar-refractivity contribution in [2.75, 3.05) is 17.3 Å². The fourth-order valence-corrected chi connectivity index (χ4v) is 3.47. The molecule has 21 heavy (non-hydrogen) atoms. The van der Waals surface area contributed by atoms with Gasteiger partial charge in [-0.2, -0.15) is 11.8 Å². The van der Waals surface area contributed by atoms with Crippen LogP contribution in [0.5, 0.6) is 0 Å². The van der Waals surface area contributed by atoms with Crippen molar-refractivity contribution in [2.45, 2.75) is 20.8 Å². The zero-order valence-electron chi connectivity index (χ0n) is 12.6. The van der Waals surface area contributed by atoms with E-state index < -0.39 is 0 Å². The fourth-order valence-electron chi connectivity index (χ4n) is 1.87. The van der Waals surface area contributed by atoms with E-state index >= 15 is 0 Å². The summed E-state index contributed by atoms with van der Waals surface area (Å²) in [6.45, 7) is 5.86. The molecule has 2 aromatic heterocycles. The van der Waals surface area contributed by atoms with Gasteiger partial charge in [0.15, 0.2) is 0 Å². The molecule has 112 valence electrons. The predicted octanol–water partition coefficient (Wildman–Crippen LogP) is 3.76. The number of nitrogens with one attached hydrogen (secondary N) is 1. The number of amides is 1. The van der Waals surface area contributed by atoms with E-state index in [2.05, 4.69) is 15.3 Å². The number of rotatable bonds is 5. The molecular formula is C15H19N3OS2. The van der Waals surface area contributed by atoms with Crippen LogP contribution in [0.15, 0.2) is 18.5 Å². The summed E-state index contributed by atoms with van der Waals surface area (Å²) < 4.78 is 0. The number of nitrogens with zero attached hydrogens (tertiary/aromatic N) is 2. The van der Waals surface area contributed by atoms with Crippen LogP contribution in [0.25, 0.3) is 10.6 Å². The molecule has 0 aromatic carbocycles. The minimum Gasteiger partial charge on any atom is -0.316 e. The molecule has 1 atom stereocenters. The lowest BCUT2D eigenvalue weighted by atomic mass is 10.2. The second-order valence-corrected chi connectivity index (χ2v) is 6.94. The first-order chi connectivity index (χ1) is 10.0. The highest BCUT2D eigenvalue weighted by atomic mass is 32.2. The van der Waals surface area contributed by atoms with Gasteiger partial charge in [-0.05, 0) is 31.7 Å². The summed E-state index contributed by atoms with van der Waals surface area (Å²) in [6, 6.07) is 2.05. The van der Waals surface area contributed by atoms with Gasteiger partial charge in [0.2, 0.25) is 5.91 Å². The SMILES string of the molecule is CSCC(C)C(=O)Nc1sc(-c2cncc(C)c2)nc1C. The van der Waals surface area contributed by atoms with Gasteiger partial charge in [0.1, 0.15) is 10.0 Å². The Morgan fingerprint density at radius 3 is 2.86 bits per heavy atom. The zero-order valence-corrected chi connectivity index (χ0v) is 14.3. The standard InChI is InChI=1S/C15H19N3OS2/c1-9-5-12(7-16-6-9)15-17-11(3)14(21-15)18-13(19)10(2)8-20-4/h5-7,10H,8H2,1-4H3,(H,18,19). The van der Waals surface area contributed by atoms with Crippen molar-refractivity contribution in [3.05, 3.63) is 29.7 Å². The Bertz CT molecular complexity index is 640. The first-order valence-corrected chi connectivity index (χ1v) is 8.91. The molecular weight excluding hydrogens is 302 g/mol. The third kappa shape index (κ3) is 4.04. The van der Waals surface area contributed by atoms with Crippen LogP contribution < -0.4 is 5.32 Å². The van der Waals surface area contributed by atoms with E-state index in [4.69, 9.17) is 0 Å². The van der Waals surface area contributed by atoms with Crippen molar-refractivity contribution >= 4 is 34.0 Å². The highest BCUT2D eigenvalue weighted by Crippen LogP contribution is 2.32. The summed E-state index contributed by atoms with van der Waals surface area (Å²) in [5.74, 6) is 0.855. The molecule has 0 spiro atoms. The van der Waals surface area contributed by atoms with Crippen molar-refractivity contribution in [3.8, 4) is 10.6 Å². The Balaban J connectivity index is 2.18. The second-order valence-electron chi connectivity index (χ2n) is 5.03. The van der Waals surface area contributed by atoms with Crippen LogP contribution in [0.4, 0.5) is 5.00 Å². The van der Waals surface area contributed by atoms with Crippen LogP contribution in [0.3, 0.4) is 0 Å². The lowest BCUT2D eigenvalue weighted by Gasteiger charge is -2.09. The Labute approximate surface area is 133 Å². The summed E-state index contributed by atoms with van der Waals surface area (Å²) >= 11 is 3.17. The number of thioether (sulfide) groups is 1. The van der Waals surface area contributed by atoms with E-state index in [1.54, 1.807) is 18.0 Å². The number of pyridine rings is 1. The molecule has 0 aliphatic carbocycles. The van der Waals surface area contributed by atoms with Crippen molar-refractivity contribution in [1.29, 1.82) is 0 Å². The third-order valence-corrected chi connectivity index (χ3v) is 4.97. The van der Waals surface area contributed by atoms with E-state index in [0.29, 0.717) is 0 Å². The van der Waals surface area contributed by atoms with E-state index in [1.165, 1.54) is 11.3 Å². The van der Waals surface area contributed by atoms with E-state index in [-0.39, 0.29) is 11.8 Å². The lowest BCUT2D eigenvalue weighted by Crippen LogP contribution is -2.21. The highest BCUT2D eigenvalue weighted by Gasteiger charge is 2.16. The number of carbonyl (C=O) groups excluding carboxylic acids is 1. The summed E-state index contributed by atoms with van der Waals surface area (Å²) in [7, 11) is 0. The Morgan fingerprint density at radius 1 is 1.43 bits per heavy atom. The molecule has 2 aromatic rings. The molecule has 0 saturated carbocycles. The van der Waals surface area contributed by atoms with Gasteiger partial charge in [-0.25, -0.2) is 4.98 Å². The molecule has 1 N–H and O–H groups in total. The average Bonchev–Trinajstić information content (AvgIpc) is 2.80. The number of aryl methyl sites for hydroxylation is 2. The largest absolute Gasteiger partial charge is 0.316 e. The first kappa shape index (κ1) is 16.0. The maximum absolute atomic E-state index is 12.1. The normalized spacial score (nSPS) is 12.2. The summed E-state index contributed by atoms with van der Waals surface area (Å²) in [6.07, 6.45) is 5.62. The minimum absolute atomic E-state index is 0.00872. The maximum Gasteiger partial charge on any atom is 0.228 e. The summed E-state index contributed by atoms with van der Waals surface area (Å²) in [5.41, 5.74) is 2.93. The van der Waals surface area contributed by atoms with Gasteiger partial charge in [-0.15, -0.1) is 0 Å². The van der Waals surface area contributed by atoms with Crippen LogP contribution in [0.1, 0.15) is 18.2 Å². The first-order valence-electron chi connectivity index (χ1n) is 6.70. The number of hydrogen-bond acceptors (Lipinski definition) is 5. The van der Waals surface area contributed by atoms with Gasteiger partial charge >= 0.3 is 0 Å². The molecule has 0 bridgehead atoms. The van der Waals surface area contributed by atoms with Gasteiger partial charge in [-0.1, -0.05) is 18.3 Å². The van der Waals surface area contributed by atoms with Crippen molar-refractivity contribution < 1.29 is 4.79 Å². The number of anilines is 1. The van der Waals surface area contributed by atoms with Gasteiger partial charge in [0.25, 0.3) is 0 Å². The molecule has 6 heteroatoms. The van der Waals surface area contributed by atoms with Gasteiger partial charge < -0.3 is 5.32 Å². The smallest absolute Gasteiger partial charge is 0.228 e. The van der Waals surface area contributed by atoms with Crippen molar-refractivity contribution in [3.63, 3.8) is 0 Å². The molecule has 2 heterocycles. The molecule has 0 aliphatic rings. The van der Waals surface area contributed by atoms with Crippen LogP contribution in [0, 0.1) is 19.8 Å². The summed E-state index contributed by atoms with van der Waals surface area (Å²) in [5, 5.41) is 4.69. The van der Waals surface area contributed by atoms with Gasteiger partial charge in [0.05, 0.1) is 5.69 Å². The van der Waals surface area contributed by atoms with Crippen LogP contribution in [-0.4, -0.2) is 27.9 Å². The van der Waals surface area contributed by atoms with Crippen molar-refractivity contribution in [1.82, 2.24) is 9.97 Å². The molecule has 0 radical (unpaired) electrons. The van der Waals surface area contributed by atoms with Crippen molar-refractivity contribution in [2.24, 2.45) is 5.92 Å². The van der Waals surface area contributed by atoms with E-state index in [9.17, 15) is 4.79 Å². The maximum atomic E-state index is 12.1. The number of carbonyl (C=O) groups is 1. The summed E-state index contributed by atoms with van der Waals surface area (Å²) in [4.78, 5) is 20.8. The second kappa shape index (κ2) is 7.04. The molecule has 0 saturated heterocycles. The Hall–Kier alpha value is -1.40. The van der Waals surface area contributed by atoms with Gasteiger partial charge in [-0.3, -0.25) is 9.78 Å². The minimum atomic E-state index is -0.00872.